The van der Waals surface area contributed by atoms with E-state index < -0.39 is 5.60 Å². The number of ether oxygens (including phenoxy) is 1. The van der Waals surface area contributed by atoms with E-state index in [1.54, 1.807) is 13.3 Å². The van der Waals surface area contributed by atoms with Crippen LogP contribution in [0.1, 0.15) is 23.4 Å². The molecule has 0 aliphatic carbocycles. The Kier molecular flexibility index (Phi) is 7.03. The Morgan fingerprint density at radius 1 is 1.03 bits per heavy atom. The largest absolute Gasteiger partial charge is 0.497 e. The number of hydrogen-bond acceptors (Lipinski definition) is 8. The van der Waals surface area contributed by atoms with Gasteiger partial charge in [0.2, 0.25) is 5.95 Å². The standard InChI is InChI=1S/C27H29N5O2S/c1-34-21-9-7-20(8-10-21)23-24(35-25(32-23)27(33)13-17-28-18-14-27)22-12-16-30-26(31-22)29-15-11-19-5-3-2-4-6-19/h2-10,12,16,28,33H,11,13-15,17-18H2,1H3,(H,29,30,31). The first-order valence-electron chi connectivity index (χ1n) is 11.8. The van der Waals surface area contributed by atoms with E-state index in [1.807, 2.05) is 48.5 Å². The van der Waals surface area contributed by atoms with Crippen LogP contribution in [0.2, 0.25) is 0 Å². The number of nitrogens with one attached hydrogen (secondary N) is 2. The van der Waals surface area contributed by atoms with Gasteiger partial charge in [-0.3, -0.25) is 0 Å². The number of methoxy groups -OCH3 is 1. The third-order valence-corrected chi connectivity index (χ3v) is 7.52. The summed E-state index contributed by atoms with van der Waals surface area (Å²) in [6.07, 6.45) is 3.93. The Morgan fingerprint density at radius 2 is 1.80 bits per heavy atom. The lowest BCUT2D eigenvalue weighted by molar-refractivity contribution is 0.00582. The van der Waals surface area contributed by atoms with E-state index in [-0.39, 0.29) is 0 Å². The Bertz CT molecular complexity index is 1250. The lowest BCUT2D eigenvalue weighted by Gasteiger charge is -2.30. The number of benzene rings is 2. The Balaban J connectivity index is 1.46. The van der Waals surface area contributed by atoms with Gasteiger partial charge < -0.3 is 20.5 Å². The first kappa shape index (κ1) is 23.4. The molecule has 0 bridgehead atoms. The van der Waals surface area contributed by atoms with Crippen LogP contribution >= 0.6 is 11.3 Å². The van der Waals surface area contributed by atoms with E-state index in [1.165, 1.54) is 16.9 Å². The van der Waals surface area contributed by atoms with Crippen molar-refractivity contribution in [1.29, 1.82) is 0 Å². The van der Waals surface area contributed by atoms with E-state index in [2.05, 4.69) is 27.8 Å². The van der Waals surface area contributed by atoms with Gasteiger partial charge in [0.25, 0.3) is 0 Å². The molecule has 0 spiro atoms. The molecule has 3 N–H and O–H groups in total. The summed E-state index contributed by atoms with van der Waals surface area (Å²) in [5, 5.41) is 18.8. The summed E-state index contributed by atoms with van der Waals surface area (Å²) in [4.78, 5) is 15.1. The highest BCUT2D eigenvalue weighted by Gasteiger charge is 2.35. The predicted octanol–water partition coefficient (Wildman–Crippen LogP) is 4.50. The molecule has 5 rings (SSSR count). The van der Waals surface area contributed by atoms with Crippen LogP contribution in [-0.4, -0.2) is 46.8 Å². The summed E-state index contributed by atoms with van der Waals surface area (Å²) < 4.78 is 5.33. The maximum atomic E-state index is 11.4. The number of rotatable bonds is 8. The lowest BCUT2D eigenvalue weighted by Crippen LogP contribution is -2.39. The molecule has 180 valence electrons. The van der Waals surface area contributed by atoms with Crippen LogP contribution in [-0.2, 0) is 12.0 Å². The van der Waals surface area contributed by atoms with Gasteiger partial charge in [-0.15, -0.1) is 11.3 Å². The zero-order valence-corrected chi connectivity index (χ0v) is 20.5. The normalized spacial score (nSPS) is 15.0. The van der Waals surface area contributed by atoms with Crippen molar-refractivity contribution in [2.75, 3.05) is 32.1 Å². The summed E-state index contributed by atoms with van der Waals surface area (Å²) in [7, 11) is 1.65. The molecule has 8 heteroatoms. The van der Waals surface area contributed by atoms with Crippen molar-refractivity contribution >= 4 is 17.3 Å². The van der Waals surface area contributed by atoms with E-state index in [0.29, 0.717) is 18.8 Å². The van der Waals surface area contributed by atoms with E-state index in [0.717, 1.165) is 58.6 Å². The molecule has 2 aromatic carbocycles. The van der Waals surface area contributed by atoms with Crippen LogP contribution in [0.25, 0.3) is 21.8 Å². The van der Waals surface area contributed by atoms with Gasteiger partial charge in [-0.05, 0) is 68.2 Å². The Labute approximate surface area is 209 Å². The second kappa shape index (κ2) is 10.5. The molecule has 0 amide bonds. The Hall–Kier alpha value is -3.33. The van der Waals surface area contributed by atoms with Gasteiger partial charge >= 0.3 is 0 Å². The molecule has 1 aliphatic heterocycles. The van der Waals surface area contributed by atoms with Gasteiger partial charge in [0.05, 0.1) is 23.4 Å². The maximum absolute atomic E-state index is 11.4. The maximum Gasteiger partial charge on any atom is 0.223 e. The predicted molar refractivity (Wildman–Crippen MR) is 140 cm³/mol. The molecule has 0 atom stereocenters. The first-order chi connectivity index (χ1) is 17.1. The summed E-state index contributed by atoms with van der Waals surface area (Å²) in [6.45, 7) is 2.28. The number of hydrogen-bond donors (Lipinski definition) is 3. The quantitative estimate of drug-likeness (QED) is 0.337. The van der Waals surface area contributed by atoms with Crippen LogP contribution in [0.4, 0.5) is 5.95 Å². The summed E-state index contributed by atoms with van der Waals surface area (Å²) in [5.41, 5.74) is 2.89. The minimum Gasteiger partial charge on any atom is -0.497 e. The molecular formula is C27H29N5O2S. The highest BCUT2D eigenvalue weighted by Crippen LogP contribution is 2.42. The number of nitrogens with zero attached hydrogens (tertiary/aromatic N) is 3. The van der Waals surface area contributed by atoms with E-state index in [9.17, 15) is 5.11 Å². The zero-order chi connectivity index (χ0) is 24.1. The molecule has 1 fully saturated rings. The van der Waals surface area contributed by atoms with Crippen molar-refractivity contribution in [3.8, 4) is 27.6 Å². The molecule has 4 aromatic rings. The van der Waals surface area contributed by atoms with E-state index >= 15 is 0 Å². The van der Waals surface area contributed by atoms with Gasteiger partial charge in [-0.2, -0.15) is 0 Å². The first-order valence-corrected chi connectivity index (χ1v) is 12.7. The lowest BCUT2D eigenvalue weighted by atomic mass is 9.93. The highest BCUT2D eigenvalue weighted by molar-refractivity contribution is 7.15. The molecule has 35 heavy (non-hydrogen) atoms. The second-order valence-corrected chi connectivity index (χ2v) is 9.63. The van der Waals surface area contributed by atoms with Crippen molar-refractivity contribution in [3.63, 3.8) is 0 Å². The number of anilines is 1. The molecule has 7 nitrogen and oxygen atoms in total. The monoisotopic (exact) mass is 487 g/mol. The second-order valence-electron chi connectivity index (χ2n) is 8.63. The van der Waals surface area contributed by atoms with Gasteiger partial charge in [0.15, 0.2) is 0 Å². The van der Waals surface area contributed by atoms with Gasteiger partial charge in [0, 0.05) is 18.3 Å². The molecule has 0 unspecified atom stereocenters. The van der Waals surface area contributed by atoms with Crippen LogP contribution in [0.15, 0.2) is 66.9 Å². The van der Waals surface area contributed by atoms with Crippen LogP contribution < -0.4 is 15.4 Å². The van der Waals surface area contributed by atoms with E-state index in [4.69, 9.17) is 14.7 Å². The SMILES string of the molecule is COc1ccc(-c2nc(C3(O)CCNCC3)sc2-c2ccnc(NCCc3ccccc3)n2)cc1. The summed E-state index contributed by atoms with van der Waals surface area (Å²) in [6, 6.07) is 20.1. The summed E-state index contributed by atoms with van der Waals surface area (Å²) >= 11 is 1.51. The van der Waals surface area contributed by atoms with Crippen LogP contribution in [0, 0.1) is 0 Å². The Morgan fingerprint density at radius 3 is 2.54 bits per heavy atom. The van der Waals surface area contributed by atoms with Gasteiger partial charge in [-0.1, -0.05) is 30.3 Å². The van der Waals surface area contributed by atoms with Crippen LogP contribution in [0.3, 0.4) is 0 Å². The van der Waals surface area contributed by atoms with Crippen LogP contribution in [0.5, 0.6) is 5.75 Å². The molecular weight excluding hydrogens is 458 g/mol. The molecule has 0 saturated carbocycles. The van der Waals surface area contributed by atoms with Gasteiger partial charge in [0.1, 0.15) is 16.4 Å². The van der Waals surface area contributed by atoms with Crippen molar-refractivity contribution in [1.82, 2.24) is 20.3 Å². The fraction of sp³-hybridized carbons (Fsp3) is 0.296. The smallest absolute Gasteiger partial charge is 0.223 e. The minimum atomic E-state index is -0.931. The summed E-state index contributed by atoms with van der Waals surface area (Å²) in [5.74, 6) is 1.37. The number of thiazole rings is 1. The zero-order valence-electron chi connectivity index (χ0n) is 19.7. The van der Waals surface area contributed by atoms with Crippen molar-refractivity contribution in [2.24, 2.45) is 0 Å². The minimum absolute atomic E-state index is 0.578. The molecule has 0 radical (unpaired) electrons. The number of piperidine rings is 1. The number of aliphatic hydroxyl groups is 1. The third kappa shape index (κ3) is 5.35. The molecule has 3 heterocycles. The van der Waals surface area contributed by atoms with Crippen molar-refractivity contribution < 1.29 is 9.84 Å². The van der Waals surface area contributed by atoms with Crippen molar-refractivity contribution in [2.45, 2.75) is 24.9 Å². The van der Waals surface area contributed by atoms with Crippen molar-refractivity contribution in [3.05, 3.63) is 77.4 Å². The fourth-order valence-electron chi connectivity index (χ4n) is 4.23. The fourth-order valence-corrected chi connectivity index (χ4v) is 5.43. The highest BCUT2D eigenvalue weighted by atomic mass is 32.1. The number of aromatic nitrogens is 3. The average molecular weight is 488 g/mol. The van der Waals surface area contributed by atoms with Gasteiger partial charge in [-0.25, -0.2) is 15.0 Å². The molecule has 1 saturated heterocycles. The topological polar surface area (TPSA) is 92.2 Å². The molecule has 1 aliphatic rings. The average Bonchev–Trinajstić information content (AvgIpc) is 3.37. The third-order valence-electron chi connectivity index (χ3n) is 6.25. The molecule has 2 aromatic heterocycles.